The van der Waals surface area contributed by atoms with Crippen LogP contribution in [0.2, 0.25) is 0 Å². The van der Waals surface area contributed by atoms with Gasteiger partial charge in [-0.2, -0.15) is 0 Å². The van der Waals surface area contributed by atoms with Crippen molar-refractivity contribution in [2.45, 2.75) is 20.0 Å². The van der Waals surface area contributed by atoms with Crippen molar-refractivity contribution in [1.82, 2.24) is 20.3 Å². The third kappa shape index (κ3) is 4.79. The number of hydrogen-bond donors (Lipinski definition) is 1. The molecule has 0 unspecified atom stereocenters. The molecule has 2 aromatic rings. The van der Waals surface area contributed by atoms with E-state index < -0.39 is 0 Å². The van der Waals surface area contributed by atoms with E-state index in [-0.39, 0.29) is 5.82 Å². The number of aromatic nitrogens is 1. The van der Waals surface area contributed by atoms with Crippen LogP contribution in [0.4, 0.5) is 4.39 Å². The molecule has 0 saturated carbocycles. The van der Waals surface area contributed by atoms with Crippen molar-refractivity contribution in [2.24, 2.45) is 4.99 Å². The predicted octanol–water partition coefficient (Wildman–Crippen LogP) is 2.10. The molecule has 134 valence electrons. The predicted molar refractivity (Wildman–Crippen MR) is 94.6 cm³/mol. The maximum Gasteiger partial charge on any atom is 0.194 e. The van der Waals surface area contributed by atoms with Crippen molar-refractivity contribution < 1.29 is 8.91 Å². The van der Waals surface area contributed by atoms with Gasteiger partial charge in [0.05, 0.1) is 12.2 Å². The first-order chi connectivity index (χ1) is 12.3. The van der Waals surface area contributed by atoms with Crippen LogP contribution >= 0.6 is 0 Å². The average molecular weight is 345 g/mol. The molecule has 7 heteroatoms. The van der Waals surface area contributed by atoms with E-state index in [0.717, 1.165) is 50.9 Å². The summed E-state index contributed by atoms with van der Waals surface area (Å²) >= 11 is 0. The van der Waals surface area contributed by atoms with Crippen molar-refractivity contribution in [2.75, 3.05) is 32.7 Å². The van der Waals surface area contributed by atoms with Crippen LogP contribution in [-0.2, 0) is 13.1 Å². The zero-order valence-electron chi connectivity index (χ0n) is 14.5. The van der Waals surface area contributed by atoms with Crippen LogP contribution in [0, 0.1) is 5.82 Å². The Bertz CT molecular complexity index is 681. The number of benzene rings is 1. The molecule has 0 aliphatic carbocycles. The Morgan fingerprint density at radius 1 is 1.24 bits per heavy atom. The van der Waals surface area contributed by atoms with Gasteiger partial charge in [-0.3, -0.25) is 4.90 Å². The summed E-state index contributed by atoms with van der Waals surface area (Å²) in [5, 5.41) is 7.27. The van der Waals surface area contributed by atoms with Crippen LogP contribution in [0.1, 0.15) is 18.2 Å². The minimum atomic E-state index is -0.209. The van der Waals surface area contributed by atoms with E-state index in [0.29, 0.717) is 12.1 Å². The second-order valence-corrected chi connectivity index (χ2v) is 6.02. The maximum absolute atomic E-state index is 13.8. The van der Waals surface area contributed by atoms with Crippen LogP contribution in [0.15, 0.2) is 46.1 Å². The zero-order valence-corrected chi connectivity index (χ0v) is 14.5. The van der Waals surface area contributed by atoms with E-state index in [9.17, 15) is 4.39 Å². The van der Waals surface area contributed by atoms with Gasteiger partial charge >= 0.3 is 0 Å². The molecular weight excluding hydrogens is 321 g/mol. The molecule has 25 heavy (non-hydrogen) atoms. The standard InChI is InChI=1S/C18H24FN5O/c1-2-20-18(21-13-15-5-3-4-6-17(15)19)24-10-8-23(9-11-24)14-16-7-12-25-22-16/h3-7,12H,2,8-11,13-14H2,1H3,(H,20,21). The second-order valence-electron chi connectivity index (χ2n) is 6.02. The Labute approximate surface area is 147 Å². The average Bonchev–Trinajstić information content (AvgIpc) is 3.14. The third-order valence-electron chi connectivity index (χ3n) is 4.24. The molecule has 1 N–H and O–H groups in total. The van der Waals surface area contributed by atoms with E-state index in [1.54, 1.807) is 18.4 Å². The number of rotatable bonds is 5. The van der Waals surface area contributed by atoms with Crippen molar-refractivity contribution in [1.29, 1.82) is 0 Å². The summed E-state index contributed by atoms with van der Waals surface area (Å²) in [6.07, 6.45) is 1.60. The highest BCUT2D eigenvalue weighted by Crippen LogP contribution is 2.10. The minimum absolute atomic E-state index is 0.209. The lowest BCUT2D eigenvalue weighted by atomic mass is 10.2. The molecule has 2 heterocycles. The number of nitrogens with one attached hydrogen (secondary N) is 1. The smallest absolute Gasteiger partial charge is 0.194 e. The quantitative estimate of drug-likeness (QED) is 0.664. The maximum atomic E-state index is 13.8. The summed E-state index contributed by atoms with van der Waals surface area (Å²) in [7, 11) is 0. The fourth-order valence-electron chi connectivity index (χ4n) is 2.88. The fourth-order valence-corrected chi connectivity index (χ4v) is 2.88. The van der Waals surface area contributed by atoms with Crippen LogP contribution in [0.3, 0.4) is 0 Å². The molecule has 1 aromatic carbocycles. The van der Waals surface area contributed by atoms with Gasteiger partial charge in [0.2, 0.25) is 0 Å². The molecule has 1 saturated heterocycles. The first kappa shape index (κ1) is 17.4. The number of piperazine rings is 1. The molecule has 0 radical (unpaired) electrons. The summed E-state index contributed by atoms with van der Waals surface area (Å²) in [4.78, 5) is 9.18. The number of nitrogens with zero attached hydrogens (tertiary/aromatic N) is 4. The Balaban J connectivity index is 1.58. The largest absolute Gasteiger partial charge is 0.364 e. The van der Waals surface area contributed by atoms with Crippen molar-refractivity contribution in [3.8, 4) is 0 Å². The molecule has 1 aromatic heterocycles. The summed E-state index contributed by atoms with van der Waals surface area (Å²) in [6.45, 7) is 7.58. The molecule has 1 fully saturated rings. The van der Waals surface area contributed by atoms with E-state index in [4.69, 9.17) is 4.52 Å². The van der Waals surface area contributed by atoms with Crippen molar-refractivity contribution in [3.05, 3.63) is 53.7 Å². The monoisotopic (exact) mass is 345 g/mol. The number of halogens is 1. The molecule has 1 aliphatic heterocycles. The lowest BCUT2D eigenvalue weighted by Gasteiger charge is -2.36. The summed E-state index contributed by atoms with van der Waals surface area (Å²) in [5.74, 6) is 0.631. The van der Waals surface area contributed by atoms with E-state index in [1.165, 1.54) is 6.07 Å². The minimum Gasteiger partial charge on any atom is -0.364 e. The first-order valence-corrected chi connectivity index (χ1v) is 8.64. The van der Waals surface area contributed by atoms with Crippen molar-refractivity contribution >= 4 is 5.96 Å². The number of hydrogen-bond acceptors (Lipinski definition) is 4. The number of guanidine groups is 1. The Morgan fingerprint density at radius 2 is 2.04 bits per heavy atom. The normalized spacial score (nSPS) is 16.2. The van der Waals surface area contributed by atoms with Gasteiger partial charge < -0.3 is 14.7 Å². The summed E-state index contributed by atoms with van der Waals surface area (Å²) in [5.41, 5.74) is 1.57. The van der Waals surface area contributed by atoms with E-state index >= 15 is 0 Å². The van der Waals surface area contributed by atoms with Crippen LogP contribution < -0.4 is 5.32 Å². The van der Waals surface area contributed by atoms with Crippen LogP contribution in [-0.4, -0.2) is 53.6 Å². The molecular formula is C18H24FN5O. The Hall–Kier alpha value is -2.41. The van der Waals surface area contributed by atoms with Gasteiger partial charge in [0.25, 0.3) is 0 Å². The molecule has 0 amide bonds. The van der Waals surface area contributed by atoms with Crippen molar-refractivity contribution in [3.63, 3.8) is 0 Å². The highest BCUT2D eigenvalue weighted by atomic mass is 19.1. The van der Waals surface area contributed by atoms with Gasteiger partial charge in [-0.05, 0) is 13.0 Å². The molecule has 1 aliphatic rings. The lowest BCUT2D eigenvalue weighted by Crippen LogP contribution is -2.52. The SMILES string of the molecule is CCNC(=NCc1ccccc1F)N1CCN(Cc2ccon2)CC1. The second kappa shape index (κ2) is 8.62. The van der Waals surface area contributed by atoms with Gasteiger partial charge in [0, 0.05) is 50.9 Å². The van der Waals surface area contributed by atoms with Gasteiger partial charge in [0.15, 0.2) is 5.96 Å². The van der Waals surface area contributed by atoms with Gasteiger partial charge in [-0.1, -0.05) is 23.4 Å². The Kier molecular flexibility index (Phi) is 6.00. The van der Waals surface area contributed by atoms with Gasteiger partial charge in [-0.25, -0.2) is 9.38 Å². The fraction of sp³-hybridized carbons (Fsp3) is 0.444. The molecule has 6 nitrogen and oxygen atoms in total. The molecule has 0 atom stereocenters. The topological polar surface area (TPSA) is 56.9 Å². The number of aliphatic imine (C=N–C) groups is 1. The molecule has 3 rings (SSSR count). The summed E-state index contributed by atoms with van der Waals surface area (Å²) in [6, 6.07) is 8.68. The van der Waals surface area contributed by atoms with E-state index in [1.807, 2.05) is 19.1 Å². The van der Waals surface area contributed by atoms with Gasteiger partial charge in [0.1, 0.15) is 12.1 Å². The lowest BCUT2D eigenvalue weighted by molar-refractivity contribution is 0.169. The zero-order chi connectivity index (χ0) is 17.5. The third-order valence-corrected chi connectivity index (χ3v) is 4.24. The molecule has 0 spiro atoms. The van der Waals surface area contributed by atoms with Crippen LogP contribution in [0.25, 0.3) is 0 Å². The first-order valence-electron chi connectivity index (χ1n) is 8.64. The summed E-state index contributed by atoms with van der Waals surface area (Å²) < 4.78 is 18.7. The highest BCUT2D eigenvalue weighted by molar-refractivity contribution is 5.80. The molecule has 0 bridgehead atoms. The van der Waals surface area contributed by atoms with E-state index in [2.05, 4.69) is 25.3 Å². The Morgan fingerprint density at radius 3 is 2.72 bits per heavy atom. The van der Waals surface area contributed by atoms with Gasteiger partial charge in [-0.15, -0.1) is 0 Å². The van der Waals surface area contributed by atoms with Crippen LogP contribution in [0.5, 0.6) is 0 Å². The highest BCUT2D eigenvalue weighted by Gasteiger charge is 2.20.